The van der Waals surface area contributed by atoms with E-state index in [0.29, 0.717) is 11.6 Å². The predicted molar refractivity (Wildman–Crippen MR) is 93.8 cm³/mol. The number of amides is 1. The van der Waals surface area contributed by atoms with Crippen molar-refractivity contribution >= 4 is 28.9 Å². The van der Waals surface area contributed by atoms with Gasteiger partial charge in [0.2, 0.25) is 5.91 Å². The summed E-state index contributed by atoms with van der Waals surface area (Å²) in [7, 11) is 0. The number of fused-ring (bicyclic) bond motifs is 2. The number of carbonyl (C=O) groups excluding carboxylic acids is 1. The van der Waals surface area contributed by atoms with Gasteiger partial charge < -0.3 is 10.2 Å². The number of hydrogen-bond acceptors (Lipinski definition) is 2. The van der Waals surface area contributed by atoms with Crippen molar-refractivity contribution in [3.05, 3.63) is 59.1 Å². The van der Waals surface area contributed by atoms with E-state index in [2.05, 4.69) is 17.4 Å². The van der Waals surface area contributed by atoms with Crippen molar-refractivity contribution in [1.29, 1.82) is 0 Å². The predicted octanol–water partition coefficient (Wildman–Crippen LogP) is 4.47. The summed E-state index contributed by atoms with van der Waals surface area (Å²) in [5.41, 5.74) is 3.03. The molecule has 0 bridgehead atoms. The minimum Gasteiger partial charge on any atom is -0.380 e. The maximum atomic E-state index is 13.1. The summed E-state index contributed by atoms with van der Waals surface area (Å²) in [5.74, 6) is 0.273. The first-order chi connectivity index (χ1) is 11.2. The molecule has 1 heterocycles. The normalized spacial score (nSPS) is 23.0. The van der Waals surface area contributed by atoms with Gasteiger partial charge in [-0.2, -0.15) is 0 Å². The van der Waals surface area contributed by atoms with Crippen LogP contribution in [-0.2, 0) is 11.3 Å². The lowest BCUT2D eigenvalue weighted by Gasteiger charge is -2.25. The van der Waals surface area contributed by atoms with Gasteiger partial charge in [0.05, 0.1) is 23.8 Å². The topological polar surface area (TPSA) is 32.3 Å². The van der Waals surface area contributed by atoms with E-state index >= 15 is 0 Å². The van der Waals surface area contributed by atoms with Crippen molar-refractivity contribution in [1.82, 2.24) is 0 Å². The van der Waals surface area contributed by atoms with E-state index in [1.807, 2.05) is 41.3 Å². The molecule has 3 nitrogen and oxygen atoms in total. The van der Waals surface area contributed by atoms with Crippen LogP contribution in [0.4, 0.5) is 11.4 Å². The standard InChI is InChI=1S/C19H19ClN2O/c20-14-9-10-17-18(11-14)22(12-13-5-2-1-3-6-13)19(23)15-7-4-8-16(15)21-17/h1-3,5-6,9-11,15-16,21H,4,7-8,12H2. The Morgan fingerprint density at radius 3 is 2.78 bits per heavy atom. The Hall–Kier alpha value is -2.00. The second-order valence-corrected chi connectivity index (χ2v) is 6.80. The summed E-state index contributed by atoms with van der Waals surface area (Å²) in [6.45, 7) is 0.581. The third-order valence-corrected chi connectivity index (χ3v) is 5.11. The maximum absolute atomic E-state index is 13.1. The van der Waals surface area contributed by atoms with Crippen LogP contribution >= 0.6 is 11.6 Å². The van der Waals surface area contributed by atoms with Crippen LogP contribution in [0.1, 0.15) is 24.8 Å². The highest BCUT2D eigenvalue weighted by Crippen LogP contribution is 2.40. The molecule has 1 amide bonds. The summed E-state index contributed by atoms with van der Waals surface area (Å²) >= 11 is 6.20. The minimum absolute atomic E-state index is 0.0601. The molecule has 0 aromatic heterocycles. The highest BCUT2D eigenvalue weighted by Gasteiger charge is 2.39. The number of carbonyl (C=O) groups is 1. The van der Waals surface area contributed by atoms with Crippen LogP contribution in [-0.4, -0.2) is 11.9 Å². The zero-order valence-corrected chi connectivity index (χ0v) is 13.6. The quantitative estimate of drug-likeness (QED) is 0.883. The van der Waals surface area contributed by atoms with Crippen LogP contribution in [0.15, 0.2) is 48.5 Å². The van der Waals surface area contributed by atoms with Gasteiger partial charge >= 0.3 is 0 Å². The lowest BCUT2D eigenvalue weighted by Crippen LogP contribution is -2.38. The van der Waals surface area contributed by atoms with Gasteiger partial charge in [0.15, 0.2) is 0 Å². The second-order valence-electron chi connectivity index (χ2n) is 6.36. The molecule has 1 aliphatic carbocycles. The highest BCUT2D eigenvalue weighted by molar-refractivity contribution is 6.31. The summed E-state index contributed by atoms with van der Waals surface area (Å²) < 4.78 is 0. The maximum Gasteiger partial charge on any atom is 0.232 e. The van der Waals surface area contributed by atoms with Gasteiger partial charge in [-0.15, -0.1) is 0 Å². The van der Waals surface area contributed by atoms with E-state index in [4.69, 9.17) is 11.6 Å². The third-order valence-electron chi connectivity index (χ3n) is 4.87. The molecule has 2 aliphatic rings. The van der Waals surface area contributed by atoms with E-state index < -0.39 is 0 Å². The SMILES string of the molecule is O=C1C2CCCC2Nc2ccc(Cl)cc2N1Cc1ccccc1. The van der Waals surface area contributed by atoms with Gasteiger partial charge in [-0.1, -0.05) is 48.4 Å². The summed E-state index contributed by atoms with van der Waals surface area (Å²) in [4.78, 5) is 15.1. The van der Waals surface area contributed by atoms with E-state index in [1.54, 1.807) is 0 Å². The van der Waals surface area contributed by atoms with Crippen molar-refractivity contribution in [2.45, 2.75) is 31.8 Å². The number of nitrogens with one attached hydrogen (secondary N) is 1. The lowest BCUT2D eigenvalue weighted by atomic mass is 10.0. The molecule has 118 valence electrons. The van der Waals surface area contributed by atoms with Crippen LogP contribution in [0.25, 0.3) is 0 Å². The highest BCUT2D eigenvalue weighted by atomic mass is 35.5. The molecule has 2 aromatic rings. The van der Waals surface area contributed by atoms with Gasteiger partial charge in [-0.05, 0) is 36.6 Å². The average Bonchev–Trinajstić information content (AvgIpc) is 2.99. The lowest BCUT2D eigenvalue weighted by molar-refractivity contribution is -0.122. The van der Waals surface area contributed by atoms with Gasteiger partial charge in [0.25, 0.3) is 0 Å². The van der Waals surface area contributed by atoms with E-state index in [0.717, 1.165) is 36.2 Å². The Morgan fingerprint density at radius 1 is 1.13 bits per heavy atom. The molecular weight excluding hydrogens is 308 g/mol. The summed E-state index contributed by atoms with van der Waals surface area (Å²) in [6.07, 6.45) is 3.12. The number of benzene rings is 2. The number of anilines is 2. The van der Waals surface area contributed by atoms with Crippen LogP contribution in [0, 0.1) is 5.92 Å². The van der Waals surface area contributed by atoms with Gasteiger partial charge in [0, 0.05) is 11.1 Å². The fourth-order valence-electron chi connectivity index (χ4n) is 3.73. The second kappa shape index (κ2) is 5.89. The molecular formula is C19H19ClN2O. The number of nitrogens with zero attached hydrogens (tertiary/aromatic N) is 1. The van der Waals surface area contributed by atoms with Crippen LogP contribution < -0.4 is 10.2 Å². The van der Waals surface area contributed by atoms with E-state index in [9.17, 15) is 4.79 Å². The van der Waals surface area contributed by atoms with Crippen molar-refractivity contribution in [2.75, 3.05) is 10.2 Å². The first-order valence-electron chi connectivity index (χ1n) is 8.14. The molecule has 1 N–H and O–H groups in total. The van der Waals surface area contributed by atoms with Gasteiger partial charge in [-0.3, -0.25) is 4.79 Å². The van der Waals surface area contributed by atoms with E-state index in [-0.39, 0.29) is 17.9 Å². The fraction of sp³-hybridized carbons (Fsp3) is 0.316. The first kappa shape index (κ1) is 14.6. The van der Waals surface area contributed by atoms with Crippen molar-refractivity contribution in [3.63, 3.8) is 0 Å². The molecule has 1 fully saturated rings. The molecule has 0 saturated heterocycles. The summed E-state index contributed by atoms with van der Waals surface area (Å²) in [5, 5.41) is 4.23. The number of halogens is 1. The molecule has 1 aliphatic heterocycles. The van der Waals surface area contributed by atoms with Crippen molar-refractivity contribution in [3.8, 4) is 0 Å². The van der Waals surface area contributed by atoms with Crippen LogP contribution in [0.5, 0.6) is 0 Å². The molecule has 1 saturated carbocycles. The Bertz CT molecular complexity index is 731. The Balaban J connectivity index is 1.77. The summed E-state index contributed by atoms with van der Waals surface area (Å²) in [6, 6.07) is 16.1. The molecule has 0 spiro atoms. The molecule has 2 unspecified atom stereocenters. The van der Waals surface area contributed by atoms with Crippen molar-refractivity contribution in [2.24, 2.45) is 5.92 Å². The van der Waals surface area contributed by atoms with Gasteiger partial charge in [-0.25, -0.2) is 0 Å². The molecule has 2 atom stereocenters. The van der Waals surface area contributed by atoms with Crippen molar-refractivity contribution < 1.29 is 4.79 Å². The Labute approximate surface area is 141 Å². The first-order valence-corrected chi connectivity index (χ1v) is 8.51. The molecule has 2 aromatic carbocycles. The minimum atomic E-state index is 0.0601. The third kappa shape index (κ3) is 2.70. The molecule has 4 rings (SSSR count). The molecule has 0 radical (unpaired) electrons. The van der Waals surface area contributed by atoms with Crippen LogP contribution in [0.3, 0.4) is 0 Å². The smallest absolute Gasteiger partial charge is 0.232 e. The fourth-order valence-corrected chi connectivity index (χ4v) is 3.89. The number of hydrogen-bond donors (Lipinski definition) is 1. The monoisotopic (exact) mass is 326 g/mol. The van der Waals surface area contributed by atoms with E-state index in [1.165, 1.54) is 0 Å². The number of rotatable bonds is 2. The molecule has 23 heavy (non-hydrogen) atoms. The Kier molecular flexibility index (Phi) is 3.74. The Morgan fingerprint density at radius 2 is 1.96 bits per heavy atom. The van der Waals surface area contributed by atoms with Crippen LogP contribution in [0.2, 0.25) is 5.02 Å². The average molecular weight is 327 g/mol. The zero-order chi connectivity index (χ0) is 15.8. The van der Waals surface area contributed by atoms with Gasteiger partial charge in [0.1, 0.15) is 0 Å². The zero-order valence-electron chi connectivity index (χ0n) is 12.8. The largest absolute Gasteiger partial charge is 0.380 e. The molecule has 4 heteroatoms.